The summed E-state index contributed by atoms with van der Waals surface area (Å²) in [6, 6.07) is 10.4. The maximum absolute atomic E-state index is 12.5. The van der Waals surface area contributed by atoms with Gasteiger partial charge in [0.2, 0.25) is 5.76 Å². The van der Waals surface area contributed by atoms with Gasteiger partial charge in [0, 0.05) is 6.54 Å². The van der Waals surface area contributed by atoms with Crippen LogP contribution in [0.15, 0.2) is 51.9 Å². The second-order valence-corrected chi connectivity index (χ2v) is 5.10. The highest BCUT2D eigenvalue weighted by molar-refractivity contribution is 5.86. The number of hydrogen-bond acceptors (Lipinski definition) is 5. The first kappa shape index (κ1) is 15.0. The van der Waals surface area contributed by atoms with E-state index in [1.54, 1.807) is 29.7 Å². The van der Waals surface area contributed by atoms with Crippen molar-refractivity contribution in [2.75, 3.05) is 6.61 Å². The summed E-state index contributed by atoms with van der Waals surface area (Å²) in [6.07, 6.45) is 1.94. The van der Waals surface area contributed by atoms with Crippen LogP contribution in [0.5, 0.6) is 0 Å². The fourth-order valence-corrected chi connectivity index (χ4v) is 2.40. The highest BCUT2D eigenvalue weighted by Crippen LogP contribution is 2.08. The third-order valence-corrected chi connectivity index (χ3v) is 3.53. The van der Waals surface area contributed by atoms with Crippen LogP contribution in [0.2, 0.25) is 0 Å². The molecular formula is C17H16N2O4. The van der Waals surface area contributed by atoms with E-state index in [0.717, 1.165) is 0 Å². The topological polar surface area (TPSA) is 74.3 Å². The number of para-hydroxylation sites is 1. The molecule has 1 aromatic carbocycles. The van der Waals surface area contributed by atoms with Crippen molar-refractivity contribution in [3.63, 3.8) is 0 Å². The number of furan rings is 1. The zero-order valence-corrected chi connectivity index (χ0v) is 12.7. The van der Waals surface area contributed by atoms with Gasteiger partial charge >= 0.3 is 5.97 Å². The van der Waals surface area contributed by atoms with Gasteiger partial charge in [0.15, 0.2) is 0 Å². The highest BCUT2D eigenvalue weighted by atomic mass is 16.5. The summed E-state index contributed by atoms with van der Waals surface area (Å²) < 4.78 is 11.7. The molecule has 0 unspecified atom stereocenters. The normalized spacial score (nSPS) is 10.8. The first-order valence-electron chi connectivity index (χ1n) is 7.33. The van der Waals surface area contributed by atoms with Gasteiger partial charge < -0.3 is 9.15 Å². The Bertz CT molecular complexity index is 881. The molecule has 23 heavy (non-hydrogen) atoms. The van der Waals surface area contributed by atoms with E-state index in [0.29, 0.717) is 29.7 Å². The number of hydrogen-bond donors (Lipinski definition) is 0. The van der Waals surface area contributed by atoms with Gasteiger partial charge in [-0.25, -0.2) is 9.78 Å². The molecule has 0 aliphatic rings. The summed E-state index contributed by atoms with van der Waals surface area (Å²) in [4.78, 5) is 28.5. The van der Waals surface area contributed by atoms with Crippen molar-refractivity contribution in [1.82, 2.24) is 9.55 Å². The van der Waals surface area contributed by atoms with Gasteiger partial charge in [-0.15, -0.1) is 0 Å². The van der Waals surface area contributed by atoms with Gasteiger partial charge in [0.1, 0.15) is 5.82 Å². The molecule has 3 rings (SSSR count). The highest BCUT2D eigenvalue weighted by Gasteiger charge is 2.10. The van der Waals surface area contributed by atoms with E-state index in [1.165, 1.54) is 6.26 Å². The summed E-state index contributed by atoms with van der Waals surface area (Å²) in [5, 5.41) is 0.589. The van der Waals surface area contributed by atoms with Crippen LogP contribution in [-0.4, -0.2) is 22.1 Å². The number of rotatable bonds is 5. The summed E-state index contributed by atoms with van der Waals surface area (Å²) in [7, 11) is 0. The fraction of sp³-hybridized carbons (Fsp3) is 0.235. The average molecular weight is 312 g/mol. The van der Waals surface area contributed by atoms with Crippen molar-refractivity contribution in [3.8, 4) is 0 Å². The Hall–Kier alpha value is -2.89. The van der Waals surface area contributed by atoms with Gasteiger partial charge in [-0.1, -0.05) is 12.1 Å². The molecule has 0 atom stereocenters. The molecule has 2 heterocycles. The monoisotopic (exact) mass is 312 g/mol. The van der Waals surface area contributed by atoms with E-state index in [2.05, 4.69) is 4.98 Å². The Labute approximate surface area is 132 Å². The maximum Gasteiger partial charge on any atom is 0.374 e. The van der Waals surface area contributed by atoms with E-state index in [4.69, 9.17) is 9.15 Å². The number of benzene rings is 1. The smallest absolute Gasteiger partial charge is 0.374 e. The number of nitrogens with zero attached hydrogens (tertiary/aromatic N) is 2. The first-order valence-corrected chi connectivity index (χ1v) is 7.33. The Kier molecular flexibility index (Phi) is 4.23. The van der Waals surface area contributed by atoms with Gasteiger partial charge in [0.25, 0.3) is 5.56 Å². The van der Waals surface area contributed by atoms with E-state index in [1.807, 2.05) is 18.2 Å². The van der Waals surface area contributed by atoms with Crippen molar-refractivity contribution in [2.45, 2.75) is 19.9 Å². The molecule has 0 spiro atoms. The van der Waals surface area contributed by atoms with Crippen LogP contribution in [0.25, 0.3) is 10.9 Å². The van der Waals surface area contributed by atoms with Gasteiger partial charge in [-0.2, -0.15) is 0 Å². The molecule has 0 radical (unpaired) electrons. The summed E-state index contributed by atoms with van der Waals surface area (Å²) in [5.74, 6) is 0.312. The third kappa shape index (κ3) is 3.15. The average Bonchev–Trinajstić information content (AvgIpc) is 3.08. The summed E-state index contributed by atoms with van der Waals surface area (Å²) >= 11 is 0. The molecule has 6 heteroatoms. The zero-order valence-electron chi connectivity index (χ0n) is 12.7. The summed E-state index contributed by atoms with van der Waals surface area (Å²) in [5.41, 5.74) is 0.612. The minimum atomic E-state index is -0.504. The second kappa shape index (κ2) is 6.48. The number of esters is 1. The number of carbonyl (C=O) groups is 1. The lowest BCUT2D eigenvalue weighted by molar-refractivity contribution is 0.0459. The molecule has 118 valence electrons. The summed E-state index contributed by atoms with van der Waals surface area (Å²) in [6.45, 7) is 2.44. The number of fused-ring (bicyclic) bond motifs is 1. The largest absolute Gasteiger partial charge is 0.460 e. The predicted molar refractivity (Wildman–Crippen MR) is 84.3 cm³/mol. The minimum absolute atomic E-state index is 0.0783. The Morgan fingerprint density at radius 1 is 1.26 bits per heavy atom. The van der Waals surface area contributed by atoms with Crippen molar-refractivity contribution in [1.29, 1.82) is 0 Å². The number of carbonyl (C=O) groups excluding carboxylic acids is 1. The van der Waals surface area contributed by atoms with Gasteiger partial charge in [0.05, 0.1) is 23.8 Å². The van der Waals surface area contributed by atoms with Crippen LogP contribution in [0.3, 0.4) is 0 Å². The number of aryl methyl sites for hydroxylation is 1. The number of aromatic nitrogens is 2. The zero-order chi connectivity index (χ0) is 16.2. The quantitative estimate of drug-likeness (QED) is 0.534. The lowest BCUT2D eigenvalue weighted by Gasteiger charge is -2.10. The fourth-order valence-electron chi connectivity index (χ4n) is 2.40. The third-order valence-electron chi connectivity index (χ3n) is 3.53. The molecule has 0 saturated carbocycles. The molecule has 6 nitrogen and oxygen atoms in total. The molecule has 0 saturated heterocycles. The Balaban J connectivity index is 1.66. The van der Waals surface area contributed by atoms with E-state index in [-0.39, 0.29) is 17.9 Å². The molecule has 0 aliphatic heterocycles. The van der Waals surface area contributed by atoms with Crippen LogP contribution >= 0.6 is 0 Å². The molecule has 2 aromatic heterocycles. The predicted octanol–water partition coefficient (Wildman–Crippen LogP) is 2.55. The maximum atomic E-state index is 12.5. The molecule has 0 bridgehead atoms. The molecule has 0 amide bonds. The standard InChI is InChI=1S/C17H16N2O4/c1-12-18-14-7-3-2-6-13(14)16(20)19(12)9-5-11-23-17(21)15-8-4-10-22-15/h2-4,6-8,10H,5,9,11H2,1H3. The van der Waals surface area contributed by atoms with Crippen LogP contribution in [-0.2, 0) is 11.3 Å². The van der Waals surface area contributed by atoms with Gasteiger partial charge in [-0.05, 0) is 37.6 Å². The van der Waals surface area contributed by atoms with Crippen molar-refractivity contribution < 1.29 is 13.9 Å². The lowest BCUT2D eigenvalue weighted by atomic mass is 10.2. The molecular weight excluding hydrogens is 296 g/mol. The van der Waals surface area contributed by atoms with E-state index >= 15 is 0 Å². The molecule has 0 N–H and O–H groups in total. The Morgan fingerprint density at radius 3 is 2.87 bits per heavy atom. The van der Waals surface area contributed by atoms with Gasteiger partial charge in [-0.3, -0.25) is 9.36 Å². The van der Waals surface area contributed by atoms with Crippen LogP contribution in [0.1, 0.15) is 22.8 Å². The van der Waals surface area contributed by atoms with E-state index < -0.39 is 5.97 Å². The van der Waals surface area contributed by atoms with E-state index in [9.17, 15) is 9.59 Å². The van der Waals surface area contributed by atoms with Crippen molar-refractivity contribution in [3.05, 3.63) is 64.6 Å². The van der Waals surface area contributed by atoms with Crippen LogP contribution in [0.4, 0.5) is 0 Å². The number of ether oxygens (including phenoxy) is 1. The van der Waals surface area contributed by atoms with Crippen LogP contribution in [0, 0.1) is 6.92 Å². The van der Waals surface area contributed by atoms with Crippen molar-refractivity contribution in [2.24, 2.45) is 0 Å². The first-order chi connectivity index (χ1) is 11.2. The minimum Gasteiger partial charge on any atom is -0.460 e. The Morgan fingerprint density at radius 2 is 2.09 bits per heavy atom. The second-order valence-electron chi connectivity index (χ2n) is 5.10. The molecule has 3 aromatic rings. The van der Waals surface area contributed by atoms with Crippen molar-refractivity contribution >= 4 is 16.9 Å². The molecule has 0 fully saturated rings. The SMILES string of the molecule is Cc1nc2ccccc2c(=O)n1CCCOC(=O)c1ccco1. The van der Waals surface area contributed by atoms with Crippen LogP contribution < -0.4 is 5.56 Å². The lowest BCUT2D eigenvalue weighted by Crippen LogP contribution is -2.24. The molecule has 0 aliphatic carbocycles.